The number of alkyl halides is 1. The van der Waals surface area contributed by atoms with Crippen LogP contribution in [0.1, 0.15) is 6.42 Å². The summed E-state index contributed by atoms with van der Waals surface area (Å²) >= 11 is 5.05. The number of anilines is 1. The molecular weight excluding hydrogens is 416 g/mol. The van der Waals surface area contributed by atoms with Crippen molar-refractivity contribution < 1.29 is 21.5 Å². The molecule has 0 aliphatic heterocycles. The molecule has 0 saturated carbocycles. The van der Waals surface area contributed by atoms with E-state index in [1.807, 2.05) is 43.7 Å². The van der Waals surface area contributed by atoms with Crippen LogP contribution >= 0.6 is 27.3 Å². The van der Waals surface area contributed by atoms with E-state index in [1.54, 1.807) is 11.3 Å². The predicted molar refractivity (Wildman–Crippen MR) is 87.9 cm³/mol. The minimum Gasteiger partial charge on any atom is -1.00 e. The van der Waals surface area contributed by atoms with Crippen molar-refractivity contribution in [2.75, 3.05) is 24.3 Å². The van der Waals surface area contributed by atoms with E-state index >= 15 is 0 Å². The molecule has 0 spiro atoms. The number of nitrogens with zero attached hydrogens (tertiary/aromatic N) is 4. The van der Waals surface area contributed by atoms with E-state index in [-0.39, 0.29) is 17.0 Å². The molecule has 4 nitrogen and oxygen atoms in total. The van der Waals surface area contributed by atoms with Gasteiger partial charge in [-0.25, -0.2) is 4.57 Å². The van der Waals surface area contributed by atoms with Gasteiger partial charge in [0.05, 0.1) is 11.7 Å². The number of benzene rings is 1. The number of thiazole rings is 1. The molecule has 0 atom stereocenters. The zero-order valence-electron chi connectivity index (χ0n) is 12.0. The number of hydrogen-bond donors (Lipinski definition) is 0. The third kappa shape index (κ3) is 5.48. The van der Waals surface area contributed by atoms with Crippen molar-refractivity contribution in [3.63, 3.8) is 0 Å². The van der Waals surface area contributed by atoms with Gasteiger partial charge in [0.1, 0.15) is 11.9 Å². The maximum atomic E-state index is 4.34. The lowest BCUT2D eigenvalue weighted by Crippen LogP contribution is -3.00. The first-order chi connectivity index (χ1) is 9.70. The van der Waals surface area contributed by atoms with Crippen LogP contribution in [-0.2, 0) is 6.54 Å². The molecule has 0 bridgehead atoms. The lowest BCUT2D eigenvalue weighted by molar-refractivity contribution is -0.680. The van der Waals surface area contributed by atoms with Crippen molar-refractivity contribution >= 4 is 43.8 Å². The molecule has 0 fully saturated rings. The molecule has 0 amide bonds. The predicted octanol–water partition coefficient (Wildman–Crippen LogP) is 1.31. The third-order valence-corrected chi connectivity index (χ3v) is 4.16. The first-order valence-corrected chi connectivity index (χ1v) is 8.43. The highest BCUT2D eigenvalue weighted by atomic mass is 79.9. The van der Waals surface area contributed by atoms with Gasteiger partial charge in [-0.15, -0.1) is 0 Å². The summed E-state index contributed by atoms with van der Waals surface area (Å²) in [4.78, 5) is 2.06. The number of rotatable bonds is 6. The third-order valence-electron chi connectivity index (χ3n) is 2.81. The summed E-state index contributed by atoms with van der Waals surface area (Å²) in [5, 5.41) is 12.6. The smallest absolute Gasteiger partial charge is 0.408 e. The van der Waals surface area contributed by atoms with Crippen LogP contribution in [0.4, 0.5) is 16.5 Å². The Hall–Kier alpha value is -0.790. The largest absolute Gasteiger partial charge is 1.00 e. The summed E-state index contributed by atoms with van der Waals surface area (Å²) in [5.74, 6) is 0. The molecule has 21 heavy (non-hydrogen) atoms. The summed E-state index contributed by atoms with van der Waals surface area (Å²) in [7, 11) is 4.05. The highest BCUT2D eigenvalue weighted by Crippen LogP contribution is 2.21. The standard InChI is InChI=1S/C14H18BrN4S.BrH/c1-18(2)13-6-4-12(5-7-13)16-17-14-19(9-3-8-15)10-11-20-14;/h4-7,10-11H,3,8-9H2,1-2H3;1H/q+1;/p-1. The minimum atomic E-state index is 0. The molecule has 7 heteroatoms. The van der Waals surface area contributed by atoms with Crippen LogP contribution in [-0.4, -0.2) is 19.4 Å². The first-order valence-electron chi connectivity index (χ1n) is 6.43. The second-order valence-electron chi connectivity index (χ2n) is 4.53. The van der Waals surface area contributed by atoms with Gasteiger partial charge < -0.3 is 21.9 Å². The molecule has 2 rings (SSSR count). The molecule has 114 valence electrons. The van der Waals surface area contributed by atoms with Crippen molar-refractivity contribution in [3.05, 3.63) is 35.8 Å². The van der Waals surface area contributed by atoms with E-state index in [9.17, 15) is 0 Å². The molecule has 0 aliphatic rings. The van der Waals surface area contributed by atoms with Crippen molar-refractivity contribution in [1.29, 1.82) is 0 Å². The molecular formula is C14H18Br2N4S. The molecule has 2 aromatic rings. The van der Waals surface area contributed by atoms with E-state index < -0.39 is 0 Å². The van der Waals surface area contributed by atoms with Crippen molar-refractivity contribution in [2.24, 2.45) is 10.2 Å². The Morgan fingerprint density at radius 3 is 2.52 bits per heavy atom. The summed E-state index contributed by atoms with van der Waals surface area (Å²) in [6.45, 7) is 0.961. The first kappa shape index (κ1) is 18.3. The molecule has 1 aromatic carbocycles. The second kappa shape index (κ2) is 9.27. The zero-order chi connectivity index (χ0) is 14.4. The number of aryl methyl sites for hydroxylation is 1. The Balaban J connectivity index is 0.00000220. The van der Waals surface area contributed by atoms with Gasteiger partial charge in [-0.05, 0) is 47.1 Å². The van der Waals surface area contributed by atoms with E-state index in [2.05, 4.69) is 41.8 Å². The van der Waals surface area contributed by atoms with Gasteiger partial charge in [0, 0.05) is 30.5 Å². The van der Waals surface area contributed by atoms with Crippen LogP contribution in [0.5, 0.6) is 0 Å². The van der Waals surface area contributed by atoms with Crippen LogP contribution in [0.25, 0.3) is 0 Å². The van der Waals surface area contributed by atoms with Crippen LogP contribution in [0.3, 0.4) is 0 Å². The minimum absolute atomic E-state index is 0. The van der Waals surface area contributed by atoms with Gasteiger partial charge >= 0.3 is 5.13 Å². The summed E-state index contributed by atoms with van der Waals surface area (Å²) < 4.78 is 2.13. The number of azo groups is 1. The Morgan fingerprint density at radius 1 is 1.19 bits per heavy atom. The zero-order valence-corrected chi connectivity index (χ0v) is 16.0. The van der Waals surface area contributed by atoms with Crippen molar-refractivity contribution in [2.45, 2.75) is 13.0 Å². The number of halogens is 2. The fourth-order valence-electron chi connectivity index (χ4n) is 1.70. The fraction of sp³-hybridized carbons (Fsp3) is 0.357. The van der Waals surface area contributed by atoms with Gasteiger partial charge in [0.25, 0.3) is 0 Å². The highest BCUT2D eigenvalue weighted by Gasteiger charge is 2.11. The molecule has 1 heterocycles. The quantitative estimate of drug-likeness (QED) is 0.384. The van der Waals surface area contributed by atoms with Crippen molar-refractivity contribution in [3.8, 4) is 0 Å². The SMILES string of the molecule is CN(C)c1ccc(N=Nc2scc[n+]2CCCBr)cc1.[Br-]. The average Bonchev–Trinajstić information content (AvgIpc) is 2.90. The fourth-order valence-corrected chi connectivity index (χ4v) is 2.65. The van der Waals surface area contributed by atoms with Gasteiger partial charge in [-0.2, -0.15) is 0 Å². The number of hydrogen-bond acceptors (Lipinski definition) is 4. The Bertz CT molecular complexity index is 567. The maximum Gasteiger partial charge on any atom is 0.408 e. The van der Waals surface area contributed by atoms with Gasteiger partial charge in [-0.1, -0.05) is 15.9 Å². The van der Waals surface area contributed by atoms with Crippen molar-refractivity contribution in [1.82, 2.24) is 0 Å². The Kier molecular flexibility index (Phi) is 8.06. The molecule has 0 saturated heterocycles. The van der Waals surface area contributed by atoms with E-state index in [0.717, 1.165) is 34.8 Å². The van der Waals surface area contributed by atoms with Gasteiger partial charge in [0.2, 0.25) is 0 Å². The number of aromatic nitrogens is 1. The summed E-state index contributed by atoms with van der Waals surface area (Å²) in [6, 6.07) is 8.05. The Labute approximate surface area is 148 Å². The molecule has 0 aliphatic carbocycles. The second-order valence-corrected chi connectivity index (χ2v) is 6.20. The molecule has 0 N–H and O–H groups in total. The Morgan fingerprint density at radius 2 is 1.90 bits per heavy atom. The summed E-state index contributed by atoms with van der Waals surface area (Å²) in [6.07, 6.45) is 3.14. The van der Waals surface area contributed by atoms with E-state index in [1.165, 1.54) is 0 Å². The van der Waals surface area contributed by atoms with Crippen LogP contribution in [0, 0.1) is 0 Å². The van der Waals surface area contributed by atoms with E-state index in [4.69, 9.17) is 0 Å². The van der Waals surface area contributed by atoms with Crippen LogP contribution < -0.4 is 26.4 Å². The monoisotopic (exact) mass is 432 g/mol. The molecule has 0 radical (unpaired) electrons. The molecule has 0 unspecified atom stereocenters. The van der Waals surface area contributed by atoms with Gasteiger partial charge in [-0.3, -0.25) is 0 Å². The highest BCUT2D eigenvalue weighted by molar-refractivity contribution is 9.09. The lowest BCUT2D eigenvalue weighted by Gasteiger charge is -2.11. The topological polar surface area (TPSA) is 31.8 Å². The van der Waals surface area contributed by atoms with Gasteiger partial charge in [0.15, 0.2) is 0 Å². The lowest BCUT2D eigenvalue weighted by atomic mass is 10.3. The van der Waals surface area contributed by atoms with E-state index in [0.29, 0.717) is 0 Å². The summed E-state index contributed by atoms with van der Waals surface area (Å²) in [5.41, 5.74) is 2.03. The maximum absolute atomic E-state index is 4.34. The molecule has 1 aromatic heterocycles. The average molecular weight is 434 g/mol. The van der Waals surface area contributed by atoms with Crippen LogP contribution in [0.2, 0.25) is 0 Å². The normalized spacial score (nSPS) is 10.6. The van der Waals surface area contributed by atoms with Crippen LogP contribution in [0.15, 0.2) is 46.1 Å².